The number of piperidine rings is 1. The van der Waals surface area contributed by atoms with Crippen molar-refractivity contribution in [1.82, 2.24) is 24.4 Å². The van der Waals surface area contributed by atoms with Crippen molar-refractivity contribution in [3.8, 4) is 5.75 Å². The summed E-state index contributed by atoms with van der Waals surface area (Å²) in [6, 6.07) is 10.4. The second kappa shape index (κ2) is 8.16. The van der Waals surface area contributed by atoms with Gasteiger partial charge in [0.15, 0.2) is 0 Å². The van der Waals surface area contributed by atoms with Crippen molar-refractivity contribution in [2.75, 3.05) is 18.2 Å². The minimum atomic E-state index is -0.574. The molecule has 36 heavy (non-hydrogen) atoms. The molecule has 6 rings (SSSR count). The maximum absolute atomic E-state index is 13.8. The lowest BCUT2D eigenvalue weighted by Gasteiger charge is -2.27. The predicted octanol–water partition coefficient (Wildman–Crippen LogP) is 3.35. The molecular weight excluding hydrogens is 526 g/mol. The molecular formula is C25H24BrN7O3. The zero-order chi connectivity index (χ0) is 25.2. The number of anilines is 2. The molecule has 3 aromatic heterocycles. The number of rotatable bonds is 5. The topological polar surface area (TPSA) is 128 Å². The van der Waals surface area contributed by atoms with Gasteiger partial charge in [0, 0.05) is 11.4 Å². The molecule has 4 heterocycles. The van der Waals surface area contributed by atoms with Crippen LogP contribution < -0.4 is 15.8 Å². The van der Waals surface area contributed by atoms with Gasteiger partial charge in [-0.05, 0) is 64.5 Å². The van der Waals surface area contributed by atoms with Gasteiger partial charge in [-0.25, -0.2) is 15.0 Å². The number of hydrogen-bond donors (Lipinski definition) is 2. The number of methoxy groups -OCH3 is 1. The predicted molar refractivity (Wildman–Crippen MR) is 138 cm³/mol. The average Bonchev–Trinajstić information content (AvgIpc) is 3.26. The number of fused-ring (bicyclic) bond motifs is 4. The average molecular weight is 550 g/mol. The number of carbonyl (C=O) groups is 2. The summed E-state index contributed by atoms with van der Waals surface area (Å²) < 4.78 is 7.86. The molecule has 1 aromatic carbocycles. The lowest BCUT2D eigenvalue weighted by molar-refractivity contribution is -0.138. The number of ether oxygens (including phenoxy) is 1. The molecule has 1 aliphatic heterocycles. The Morgan fingerprint density at radius 3 is 2.86 bits per heavy atom. The Morgan fingerprint density at radius 1 is 1.25 bits per heavy atom. The van der Waals surface area contributed by atoms with Crippen molar-refractivity contribution in [1.29, 1.82) is 0 Å². The van der Waals surface area contributed by atoms with Gasteiger partial charge in [0.05, 0.1) is 18.0 Å². The summed E-state index contributed by atoms with van der Waals surface area (Å²) in [5.74, 6) is 1.06. The van der Waals surface area contributed by atoms with Crippen molar-refractivity contribution in [2.45, 2.75) is 38.4 Å². The van der Waals surface area contributed by atoms with Crippen LogP contribution >= 0.6 is 15.9 Å². The van der Waals surface area contributed by atoms with Crippen molar-refractivity contribution in [2.24, 2.45) is 5.41 Å². The van der Waals surface area contributed by atoms with Gasteiger partial charge in [-0.2, -0.15) is 0 Å². The van der Waals surface area contributed by atoms with Gasteiger partial charge in [0.2, 0.25) is 11.8 Å². The molecule has 0 spiro atoms. The largest absolute Gasteiger partial charge is 0.497 e. The number of amides is 2. The number of nitrogens with two attached hydrogens (primary N) is 1. The highest BCUT2D eigenvalue weighted by Gasteiger charge is 2.64. The fourth-order valence-electron chi connectivity index (χ4n) is 5.47. The van der Waals surface area contributed by atoms with Gasteiger partial charge >= 0.3 is 0 Å². The number of likely N-dealkylation sites (tertiary alicyclic amines) is 1. The van der Waals surface area contributed by atoms with E-state index in [-0.39, 0.29) is 29.8 Å². The molecule has 2 amide bonds. The van der Waals surface area contributed by atoms with E-state index in [1.54, 1.807) is 30.2 Å². The first-order chi connectivity index (χ1) is 17.3. The quantitative estimate of drug-likeness (QED) is 0.365. The molecule has 10 nitrogen and oxygen atoms in total. The fourth-order valence-corrected chi connectivity index (χ4v) is 5.81. The van der Waals surface area contributed by atoms with E-state index in [0.717, 1.165) is 17.3 Å². The summed E-state index contributed by atoms with van der Waals surface area (Å²) >= 11 is 3.33. The van der Waals surface area contributed by atoms with E-state index in [4.69, 9.17) is 10.5 Å². The van der Waals surface area contributed by atoms with E-state index in [1.165, 1.54) is 6.33 Å². The third-order valence-corrected chi connectivity index (χ3v) is 7.80. The lowest BCUT2D eigenvalue weighted by atomic mass is 10.0. The van der Waals surface area contributed by atoms with Gasteiger partial charge in [0.25, 0.3) is 0 Å². The normalized spacial score (nSPS) is 22.6. The van der Waals surface area contributed by atoms with Crippen LogP contribution in [0.25, 0.3) is 21.9 Å². The van der Waals surface area contributed by atoms with Crippen LogP contribution in [0.5, 0.6) is 5.75 Å². The summed E-state index contributed by atoms with van der Waals surface area (Å²) in [6.07, 6.45) is 2.89. The van der Waals surface area contributed by atoms with Crippen LogP contribution in [0.3, 0.4) is 0 Å². The van der Waals surface area contributed by atoms with Crippen LogP contribution in [-0.4, -0.2) is 55.4 Å². The van der Waals surface area contributed by atoms with E-state index >= 15 is 0 Å². The highest BCUT2D eigenvalue weighted by molar-refractivity contribution is 9.10. The molecule has 0 bridgehead atoms. The number of nitrogens with one attached hydrogen (secondary N) is 1. The van der Waals surface area contributed by atoms with Crippen LogP contribution in [0, 0.1) is 5.41 Å². The van der Waals surface area contributed by atoms with E-state index in [9.17, 15) is 9.59 Å². The smallest absolute Gasteiger partial charge is 0.248 e. The number of benzene rings is 1. The van der Waals surface area contributed by atoms with Gasteiger partial charge in [-0.3, -0.25) is 9.59 Å². The molecule has 2 aliphatic rings. The van der Waals surface area contributed by atoms with E-state index < -0.39 is 6.04 Å². The van der Waals surface area contributed by atoms with Crippen molar-refractivity contribution < 1.29 is 14.3 Å². The van der Waals surface area contributed by atoms with Gasteiger partial charge < -0.3 is 25.3 Å². The Labute approximate surface area is 215 Å². The molecule has 11 heteroatoms. The minimum absolute atomic E-state index is 0.0221. The van der Waals surface area contributed by atoms with E-state index in [1.807, 2.05) is 22.8 Å². The Hall–Kier alpha value is -3.73. The van der Waals surface area contributed by atoms with Gasteiger partial charge in [-0.1, -0.05) is 13.0 Å². The molecule has 2 fully saturated rings. The summed E-state index contributed by atoms with van der Waals surface area (Å²) in [6.45, 7) is 2.15. The number of aromatic nitrogens is 4. The first kappa shape index (κ1) is 22.7. The summed E-state index contributed by atoms with van der Waals surface area (Å²) in [4.78, 5) is 41.7. The Bertz CT molecular complexity index is 1550. The van der Waals surface area contributed by atoms with Crippen LogP contribution in [0.1, 0.15) is 19.8 Å². The first-order valence-corrected chi connectivity index (χ1v) is 12.4. The zero-order valence-corrected chi connectivity index (χ0v) is 21.3. The number of nitrogen functional groups attached to an aromatic ring is 1. The van der Waals surface area contributed by atoms with Crippen molar-refractivity contribution in [3.63, 3.8) is 0 Å². The number of halogens is 1. The van der Waals surface area contributed by atoms with Gasteiger partial charge in [-0.15, -0.1) is 0 Å². The van der Waals surface area contributed by atoms with E-state index in [2.05, 4.69) is 43.1 Å². The molecule has 1 unspecified atom stereocenters. The molecule has 3 N–H and O–H groups in total. The molecule has 0 radical (unpaired) electrons. The maximum atomic E-state index is 13.8. The zero-order valence-electron chi connectivity index (χ0n) is 19.7. The number of hydrogen-bond acceptors (Lipinski definition) is 7. The Morgan fingerprint density at radius 2 is 2.08 bits per heavy atom. The highest BCUT2D eigenvalue weighted by atomic mass is 79.9. The number of pyridine rings is 1. The second-order valence-electron chi connectivity index (χ2n) is 9.66. The molecule has 4 aromatic rings. The molecule has 184 valence electrons. The summed E-state index contributed by atoms with van der Waals surface area (Å²) in [7, 11) is 1.60. The second-order valence-corrected chi connectivity index (χ2v) is 10.5. The Kier molecular flexibility index (Phi) is 5.15. The molecule has 1 saturated heterocycles. The summed E-state index contributed by atoms with van der Waals surface area (Å²) in [5.41, 5.74) is 7.52. The first-order valence-electron chi connectivity index (χ1n) is 11.6. The van der Waals surface area contributed by atoms with Crippen LogP contribution in [0.4, 0.5) is 11.6 Å². The van der Waals surface area contributed by atoms with E-state index in [0.29, 0.717) is 39.4 Å². The van der Waals surface area contributed by atoms with Crippen LogP contribution in [-0.2, 0) is 16.1 Å². The summed E-state index contributed by atoms with van der Waals surface area (Å²) in [5, 5.41) is 4.36. The fraction of sp³-hybridized carbons (Fsp3) is 0.320. The van der Waals surface area contributed by atoms with Gasteiger partial charge in [0.1, 0.15) is 46.5 Å². The van der Waals surface area contributed by atoms with Crippen LogP contribution in [0.2, 0.25) is 0 Å². The minimum Gasteiger partial charge on any atom is -0.497 e. The van der Waals surface area contributed by atoms with Crippen molar-refractivity contribution in [3.05, 3.63) is 47.3 Å². The Balaban J connectivity index is 1.34. The number of nitrogens with zero attached hydrogens (tertiary/aromatic N) is 5. The molecule has 3 atom stereocenters. The third-order valence-electron chi connectivity index (χ3n) is 7.36. The highest BCUT2D eigenvalue weighted by Crippen LogP contribution is 2.59. The molecule has 1 saturated carbocycles. The lowest BCUT2D eigenvalue weighted by Crippen LogP contribution is -2.46. The SMILES string of the molecule is COc1ccc2c(c1)c1c(N)ncnc1n2CC(=O)N1C2C[C@]2(C)C[C@H]1C(=O)Nc1cccc(Br)n1. The standard InChI is InChI=1S/C25H24BrN7O3/c1-25-9-16(24(35)31-19-5-3-4-18(26)30-19)33(17(25)10-25)20(34)11-32-15-7-6-13(36-2)8-14(15)21-22(27)28-12-29-23(21)32/h3-8,12,16-17H,9-11H2,1-2H3,(H2,27,28,29)(H,30,31,35)/t16-,17?,25-/m0/s1. The molecule has 1 aliphatic carbocycles. The van der Waals surface area contributed by atoms with Crippen molar-refractivity contribution >= 4 is 61.3 Å². The number of carbonyl (C=O) groups excluding carboxylic acids is 2. The van der Waals surface area contributed by atoms with Crippen LogP contribution in [0.15, 0.2) is 47.3 Å². The third kappa shape index (κ3) is 3.57. The monoisotopic (exact) mass is 549 g/mol. The maximum Gasteiger partial charge on any atom is 0.248 e.